The molecule has 1 aromatic rings. The molecule has 4 fully saturated rings. The summed E-state index contributed by atoms with van der Waals surface area (Å²) in [5.41, 5.74) is 3.03. The number of aliphatic hydroxyl groups is 1. The molecular formula is C37H54O3. The second-order valence-corrected chi connectivity index (χ2v) is 16.8. The fourth-order valence-electron chi connectivity index (χ4n) is 11.5. The van der Waals surface area contributed by atoms with E-state index in [0.29, 0.717) is 18.4 Å². The number of esters is 1. The van der Waals surface area contributed by atoms with E-state index in [0.717, 1.165) is 56.9 Å². The zero-order chi connectivity index (χ0) is 28.8. The SMILES string of the molecule is CC1(C)CC[C@]2(C(=O)OCc3ccccc3)CC[C@]3(C)C(=CCC4[C@@]5(C)CCC(O)C(C)(C)[C@@H]5CC[C@]43C)[C@@H]2C1. The molecule has 40 heavy (non-hydrogen) atoms. The molecule has 0 aliphatic heterocycles. The number of hydrogen-bond donors (Lipinski definition) is 1. The highest BCUT2D eigenvalue weighted by Gasteiger charge is 2.69. The Morgan fingerprint density at radius 3 is 2.30 bits per heavy atom. The van der Waals surface area contributed by atoms with E-state index in [-0.39, 0.29) is 45.1 Å². The summed E-state index contributed by atoms with van der Waals surface area (Å²) in [6, 6.07) is 10.2. The summed E-state index contributed by atoms with van der Waals surface area (Å²) < 4.78 is 6.17. The molecule has 5 aliphatic rings. The highest BCUT2D eigenvalue weighted by Crippen LogP contribution is 2.75. The predicted octanol–water partition coefficient (Wildman–Crippen LogP) is 8.89. The third kappa shape index (κ3) is 3.88. The van der Waals surface area contributed by atoms with E-state index in [4.69, 9.17) is 4.74 Å². The second-order valence-electron chi connectivity index (χ2n) is 16.8. The van der Waals surface area contributed by atoms with Gasteiger partial charge in [-0.05, 0) is 115 Å². The van der Waals surface area contributed by atoms with Crippen molar-refractivity contribution in [1.82, 2.24) is 0 Å². The van der Waals surface area contributed by atoms with E-state index in [9.17, 15) is 9.90 Å². The van der Waals surface area contributed by atoms with Gasteiger partial charge < -0.3 is 9.84 Å². The third-order valence-electron chi connectivity index (χ3n) is 14.2. The Bertz CT molecular complexity index is 1180. The molecular weight excluding hydrogens is 492 g/mol. The van der Waals surface area contributed by atoms with Gasteiger partial charge in [0.25, 0.3) is 0 Å². The Balaban J connectivity index is 1.36. The van der Waals surface area contributed by atoms with Crippen LogP contribution in [-0.2, 0) is 16.1 Å². The molecule has 5 aliphatic carbocycles. The van der Waals surface area contributed by atoms with Crippen LogP contribution in [0.3, 0.4) is 0 Å². The number of fused-ring (bicyclic) bond motifs is 7. The molecule has 2 unspecified atom stereocenters. The van der Waals surface area contributed by atoms with Gasteiger partial charge in [0.05, 0.1) is 11.5 Å². The molecule has 1 N–H and O–H groups in total. The molecule has 220 valence electrons. The van der Waals surface area contributed by atoms with E-state index in [1.165, 1.54) is 12.8 Å². The van der Waals surface area contributed by atoms with E-state index >= 15 is 0 Å². The van der Waals surface area contributed by atoms with E-state index < -0.39 is 5.41 Å². The van der Waals surface area contributed by atoms with Crippen molar-refractivity contribution >= 4 is 5.97 Å². The topological polar surface area (TPSA) is 46.5 Å². The molecule has 8 atom stereocenters. The summed E-state index contributed by atoms with van der Waals surface area (Å²) in [5, 5.41) is 11.0. The van der Waals surface area contributed by atoms with Crippen molar-refractivity contribution in [3.63, 3.8) is 0 Å². The lowest BCUT2D eigenvalue weighted by Crippen LogP contribution is -2.65. The van der Waals surface area contributed by atoms with Crippen molar-refractivity contribution in [1.29, 1.82) is 0 Å². The van der Waals surface area contributed by atoms with Crippen LogP contribution >= 0.6 is 0 Å². The van der Waals surface area contributed by atoms with Gasteiger partial charge in [-0.2, -0.15) is 0 Å². The Morgan fingerprint density at radius 2 is 1.57 bits per heavy atom. The van der Waals surface area contributed by atoms with Crippen LogP contribution in [-0.4, -0.2) is 17.2 Å². The van der Waals surface area contributed by atoms with Gasteiger partial charge in [-0.25, -0.2) is 0 Å². The molecule has 0 aromatic heterocycles. The van der Waals surface area contributed by atoms with Crippen LogP contribution in [0.25, 0.3) is 0 Å². The van der Waals surface area contributed by atoms with Crippen molar-refractivity contribution in [2.24, 2.45) is 50.2 Å². The molecule has 6 rings (SSSR count). The molecule has 0 radical (unpaired) electrons. The smallest absolute Gasteiger partial charge is 0.313 e. The Kier molecular flexibility index (Phi) is 6.55. The molecule has 1 aromatic carbocycles. The monoisotopic (exact) mass is 546 g/mol. The molecule has 3 heteroatoms. The zero-order valence-electron chi connectivity index (χ0n) is 26.3. The minimum atomic E-state index is -0.392. The highest BCUT2D eigenvalue weighted by atomic mass is 16.5. The minimum Gasteiger partial charge on any atom is -0.460 e. The average Bonchev–Trinajstić information content (AvgIpc) is 2.90. The maximum absolute atomic E-state index is 14.1. The number of aliphatic hydroxyl groups excluding tert-OH is 1. The first-order valence-corrected chi connectivity index (χ1v) is 16.3. The standard InChI is InChI=1S/C37H54O3/c1-32(2)19-21-37(31(39)40-24-25-11-9-8-10-12-25)22-20-35(6)26(27(37)23-32)13-14-29-34(5)17-16-30(38)33(3,4)28(34)15-18-36(29,35)7/h8-13,27-30,38H,14-24H2,1-7H3/t27-,28-,29?,30?,34-,35+,36+,37-/m0/s1. The molecule has 0 heterocycles. The second kappa shape index (κ2) is 9.19. The van der Waals surface area contributed by atoms with Gasteiger partial charge >= 0.3 is 5.97 Å². The van der Waals surface area contributed by atoms with Crippen LogP contribution < -0.4 is 0 Å². The van der Waals surface area contributed by atoms with Crippen molar-refractivity contribution in [3.8, 4) is 0 Å². The van der Waals surface area contributed by atoms with Gasteiger partial charge in [-0.3, -0.25) is 4.79 Å². The van der Waals surface area contributed by atoms with Gasteiger partial charge in [-0.1, -0.05) is 90.4 Å². The first-order valence-electron chi connectivity index (χ1n) is 16.3. The van der Waals surface area contributed by atoms with Gasteiger partial charge in [-0.15, -0.1) is 0 Å². The fourth-order valence-corrected chi connectivity index (χ4v) is 11.5. The number of ether oxygens (including phenoxy) is 1. The quantitative estimate of drug-likeness (QED) is 0.304. The molecule has 0 amide bonds. The van der Waals surface area contributed by atoms with Crippen LogP contribution in [0.4, 0.5) is 0 Å². The normalized spacial score (nSPS) is 45.1. The number of rotatable bonds is 3. The third-order valence-corrected chi connectivity index (χ3v) is 14.2. The van der Waals surface area contributed by atoms with E-state index in [1.807, 2.05) is 18.2 Å². The Labute approximate surface area is 243 Å². The number of carbonyl (C=O) groups is 1. The van der Waals surface area contributed by atoms with Crippen LogP contribution in [0.5, 0.6) is 0 Å². The van der Waals surface area contributed by atoms with Crippen LogP contribution in [0.2, 0.25) is 0 Å². The summed E-state index contributed by atoms with van der Waals surface area (Å²) in [6.07, 6.45) is 13.2. The molecule has 0 bridgehead atoms. The summed E-state index contributed by atoms with van der Waals surface area (Å²) >= 11 is 0. The fraction of sp³-hybridized carbons (Fsp3) is 0.757. The van der Waals surface area contributed by atoms with Gasteiger partial charge in [0.2, 0.25) is 0 Å². The average molecular weight is 547 g/mol. The number of carbonyl (C=O) groups excluding carboxylic acids is 1. The van der Waals surface area contributed by atoms with E-state index in [2.05, 4.69) is 66.7 Å². The number of benzene rings is 1. The van der Waals surface area contributed by atoms with Crippen molar-refractivity contribution < 1.29 is 14.6 Å². The summed E-state index contributed by atoms with van der Waals surface area (Å²) in [6.45, 7) is 17.6. The molecule has 4 saturated carbocycles. The molecule has 0 spiro atoms. The van der Waals surface area contributed by atoms with Crippen molar-refractivity contribution in [2.75, 3.05) is 0 Å². The first-order chi connectivity index (χ1) is 18.7. The van der Waals surface area contributed by atoms with Crippen LogP contribution in [0.15, 0.2) is 42.0 Å². The highest BCUT2D eigenvalue weighted by molar-refractivity contribution is 5.79. The maximum atomic E-state index is 14.1. The van der Waals surface area contributed by atoms with Gasteiger partial charge in [0.15, 0.2) is 0 Å². The number of hydrogen-bond acceptors (Lipinski definition) is 3. The molecule has 3 nitrogen and oxygen atoms in total. The first kappa shape index (κ1) is 28.5. The molecule has 0 saturated heterocycles. The Hall–Kier alpha value is -1.61. The Morgan fingerprint density at radius 1 is 0.875 bits per heavy atom. The van der Waals surface area contributed by atoms with Gasteiger partial charge in [0.1, 0.15) is 6.61 Å². The lowest BCUT2D eigenvalue weighted by atomic mass is 9.33. The lowest BCUT2D eigenvalue weighted by Gasteiger charge is -2.71. The zero-order valence-corrected chi connectivity index (χ0v) is 26.3. The largest absolute Gasteiger partial charge is 0.460 e. The van der Waals surface area contributed by atoms with Crippen molar-refractivity contribution in [3.05, 3.63) is 47.5 Å². The van der Waals surface area contributed by atoms with Crippen molar-refractivity contribution in [2.45, 2.75) is 125 Å². The summed E-state index contributed by atoms with van der Waals surface area (Å²) in [7, 11) is 0. The summed E-state index contributed by atoms with van der Waals surface area (Å²) in [4.78, 5) is 14.1. The summed E-state index contributed by atoms with van der Waals surface area (Å²) in [5.74, 6) is 1.50. The predicted molar refractivity (Wildman–Crippen MR) is 161 cm³/mol. The van der Waals surface area contributed by atoms with Crippen LogP contribution in [0, 0.1) is 50.2 Å². The minimum absolute atomic E-state index is 0.0309. The van der Waals surface area contributed by atoms with Crippen LogP contribution in [0.1, 0.15) is 118 Å². The van der Waals surface area contributed by atoms with E-state index in [1.54, 1.807) is 5.57 Å². The lowest BCUT2D eigenvalue weighted by molar-refractivity contribution is -0.206. The maximum Gasteiger partial charge on any atom is 0.313 e. The van der Waals surface area contributed by atoms with Gasteiger partial charge in [0, 0.05) is 0 Å². The number of allylic oxidation sites excluding steroid dienone is 2.